The lowest BCUT2D eigenvalue weighted by atomic mass is 10.1. The van der Waals surface area contributed by atoms with Crippen molar-refractivity contribution in [2.45, 2.75) is 13.8 Å². The number of anilines is 1. The Hall–Kier alpha value is -2.54. The summed E-state index contributed by atoms with van der Waals surface area (Å²) in [5.74, 6) is -1.02. The molecule has 0 unspecified atom stereocenters. The van der Waals surface area contributed by atoms with Gasteiger partial charge in [-0.25, -0.2) is 4.79 Å². The number of carbonyl (C=O) groups is 2. The van der Waals surface area contributed by atoms with Gasteiger partial charge in [-0.2, -0.15) is 0 Å². The topological polar surface area (TPSA) is 99.1 Å². The third-order valence-corrected chi connectivity index (χ3v) is 3.92. The third kappa shape index (κ3) is 3.14. The van der Waals surface area contributed by atoms with Crippen molar-refractivity contribution in [2.24, 2.45) is 0 Å². The van der Waals surface area contributed by atoms with E-state index in [1.54, 1.807) is 19.1 Å². The zero-order valence-corrected chi connectivity index (χ0v) is 13.3. The predicted octanol–water partition coefficient (Wildman–Crippen LogP) is 0.683. The van der Waals surface area contributed by atoms with Crippen LogP contribution in [-0.2, 0) is 14.3 Å². The van der Waals surface area contributed by atoms with Gasteiger partial charge in [-0.3, -0.25) is 4.79 Å². The van der Waals surface area contributed by atoms with Gasteiger partial charge in [-0.15, -0.1) is 0 Å². The molecule has 1 aromatic carbocycles. The van der Waals surface area contributed by atoms with Crippen LogP contribution >= 0.6 is 0 Å². The molecule has 23 heavy (non-hydrogen) atoms. The summed E-state index contributed by atoms with van der Waals surface area (Å²) in [6.07, 6.45) is 0. The minimum absolute atomic E-state index is 0.0233. The minimum Gasteiger partial charge on any atom is -0.505 e. The standard InChI is InChI=1S/C16H20N2O5/c1-9-4-5-12(14(20)10(9)2)17-13-11(16(22)23-3)8-18(6-7-19)15(13)21/h4-5,17,19-20H,6-8H2,1-3H3. The van der Waals surface area contributed by atoms with Crippen molar-refractivity contribution in [1.82, 2.24) is 4.90 Å². The summed E-state index contributed by atoms with van der Waals surface area (Å²) in [5, 5.41) is 22.1. The van der Waals surface area contributed by atoms with E-state index >= 15 is 0 Å². The second-order valence-corrected chi connectivity index (χ2v) is 5.32. The van der Waals surface area contributed by atoms with E-state index in [-0.39, 0.29) is 36.7 Å². The molecule has 1 aliphatic heterocycles. The van der Waals surface area contributed by atoms with Gasteiger partial charge in [0.2, 0.25) is 0 Å². The molecule has 0 spiro atoms. The Balaban J connectivity index is 2.39. The van der Waals surface area contributed by atoms with Crippen LogP contribution in [0.5, 0.6) is 5.75 Å². The number of benzene rings is 1. The summed E-state index contributed by atoms with van der Waals surface area (Å²) < 4.78 is 4.71. The quantitative estimate of drug-likeness (QED) is 0.545. The fourth-order valence-corrected chi connectivity index (χ4v) is 2.39. The Morgan fingerprint density at radius 3 is 2.70 bits per heavy atom. The summed E-state index contributed by atoms with van der Waals surface area (Å²) in [5.41, 5.74) is 2.17. The summed E-state index contributed by atoms with van der Waals surface area (Å²) in [4.78, 5) is 25.6. The van der Waals surface area contributed by atoms with Crippen molar-refractivity contribution in [2.75, 3.05) is 32.1 Å². The summed E-state index contributed by atoms with van der Waals surface area (Å²) in [6.45, 7) is 3.59. The van der Waals surface area contributed by atoms with Gasteiger partial charge in [0.1, 0.15) is 11.4 Å². The predicted molar refractivity (Wildman–Crippen MR) is 83.9 cm³/mol. The average Bonchev–Trinajstić information content (AvgIpc) is 2.84. The molecule has 0 atom stereocenters. The van der Waals surface area contributed by atoms with Crippen molar-refractivity contribution < 1.29 is 24.5 Å². The SMILES string of the molecule is COC(=O)C1=C(Nc2ccc(C)c(C)c2O)C(=O)N(CCO)C1. The Bertz CT molecular complexity index is 681. The highest BCUT2D eigenvalue weighted by Gasteiger charge is 2.34. The van der Waals surface area contributed by atoms with Crippen LogP contribution in [0.3, 0.4) is 0 Å². The lowest BCUT2D eigenvalue weighted by Gasteiger charge is -2.16. The number of phenols is 1. The molecule has 0 fully saturated rings. The molecule has 3 N–H and O–H groups in total. The number of hydrogen-bond donors (Lipinski definition) is 3. The van der Waals surface area contributed by atoms with Crippen LogP contribution in [0, 0.1) is 13.8 Å². The van der Waals surface area contributed by atoms with E-state index in [9.17, 15) is 14.7 Å². The van der Waals surface area contributed by atoms with Crippen LogP contribution in [0.4, 0.5) is 5.69 Å². The molecule has 1 heterocycles. The highest BCUT2D eigenvalue weighted by atomic mass is 16.5. The number of aryl methyl sites for hydroxylation is 1. The van der Waals surface area contributed by atoms with Crippen LogP contribution in [0.2, 0.25) is 0 Å². The summed E-state index contributed by atoms with van der Waals surface area (Å²) in [7, 11) is 1.24. The normalized spacial score (nSPS) is 14.4. The van der Waals surface area contributed by atoms with Crippen LogP contribution in [0.1, 0.15) is 11.1 Å². The average molecular weight is 320 g/mol. The molecule has 0 aromatic heterocycles. The molecule has 0 aliphatic carbocycles. The van der Waals surface area contributed by atoms with E-state index < -0.39 is 11.9 Å². The Kier molecular flexibility index (Phi) is 4.90. The van der Waals surface area contributed by atoms with Gasteiger partial charge < -0.3 is 25.2 Å². The maximum absolute atomic E-state index is 12.4. The monoisotopic (exact) mass is 320 g/mol. The number of methoxy groups -OCH3 is 1. The molecule has 1 aliphatic rings. The minimum atomic E-state index is -0.621. The van der Waals surface area contributed by atoms with Crippen molar-refractivity contribution >= 4 is 17.6 Å². The molecule has 1 aromatic rings. The summed E-state index contributed by atoms with van der Waals surface area (Å²) >= 11 is 0. The first-order valence-electron chi connectivity index (χ1n) is 7.18. The number of amides is 1. The molecule has 0 saturated carbocycles. The molecule has 0 radical (unpaired) electrons. The van der Waals surface area contributed by atoms with Gasteiger partial charge >= 0.3 is 5.97 Å². The maximum Gasteiger partial charge on any atom is 0.337 e. The molecule has 2 rings (SSSR count). The number of carbonyl (C=O) groups excluding carboxylic acids is 2. The maximum atomic E-state index is 12.4. The van der Waals surface area contributed by atoms with E-state index in [1.807, 2.05) is 6.92 Å². The number of nitrogens with one attached hydrogen (secondary N) is 1. The van der Waals surface area contributed by atoms with Crippen LogP contribution in [0.25, 0.3) is 0 Å². The van der Waals surface area contributed by atoms with Gasteiger partial charge in [-0.1, -0.05) is 6.07 Å². The van der Waals surface area contributed by atoms with E-state index in [0.29, 0.717) is 11.3 Å². The van der Waals surface area contributed by atoms with Gasteiger partial charge in [0.15, 0.2) is 0 Å². The molecule has 124 valence electrons. The largest absolute Gasteiger partial charge is 0.505 e. The van der Waals surface area contributed by atoms with Gasteiger partial charge in [0.25, 0.3) is 5.91 Å². The van der Waals surface area contributed by atoms with Crippen LogP contribution in [0.15, 0.2) is 23.4 Å². The lowest BCUT2D eigenvalue weighted by molar-refractivity contribution is -0.136. The molecule has 0 bridgehead atoms. The first-order valence-corrected chi connectivity index (χ1v) is 7.18. The first kappa shape index (κ1) is 16.8. The number of aliphatic hydroxyl groups is 1. The molecule has 1 amide bonds. The number of ether oxygens (including phenoxy) is 1. The lowest BCUT2D eigenvalue weighted by Crippen LogP contribution is -2.31. The number of β-amino-alcohol motifs (C(OH)–C–C–N with tert-alkyl or cyclic N) is 1. The number of phenolic OH excluding ortho intramolecular Hbond substituents is 1. The third-order valence-electron chi connectivity index (χ3n) is 3.92. The van der Waals surface area contributed by atoms with Crippen LogP contribution < -0.4 is 5.32 Å². The number of hydrogen-bond acceptors (Lipinski definition) is 6. The van der Waals surface area contributed by atoms with Crippen molar-refractivity contribution in [3.63, 3.8) is 0 Å². The Morgan fingerprint density at radius 1 is 1.39 bits per heavy atom. The number of esters is 1. The fourth-order valence-electron chi connectivity index (χ4n) is 2.39. The van der Waals surface area contributed by atoms with E-state index in [4.69, 9.17) is 9.84 Å². The molecule has 0 saturated heterocycles. The van der Waals surface area contributed by atoms with Crippen molar-refractivity contribution in [1.29, 1.82) is 0 Å². The smallest absolute Gasteiger partial charge is 0.337 e. The van der Waals surface area contributed by atoms with Crippen LogP contribution in [-0.4, -0.2) is 53.8 Å². The fraction of sp³-hybridized carbons (Fsp3) is 0.375. The zero-order valence-electron chi connectivity index (χ0n) is 13.3. The Morgan fingerprint density at radius 2 is 2.09 bits per heavy atom. The second-order valence-electron chi connectivity index (χ2n) is 5.32. The zero-order chi connectivity index (χ0) is 17.1. The number of nitrogens with zero attached hydrogens (tertiary/aromatic N) is 1. The van der Waals surface area contributed by atoms with Gasteiger partial charge in [0.05, 0.1) is 31.5 Å². The Labute approximate surface area is 134 Å². The van der Waals surface area contributed by atoms with Gasteiger partial charge in [0, 0.05) is 6.54 Å². The molecular weight excluding hydrogens is 300 g/mol. The van der Waals surface area contributed by atoms with Crippen molar-refractivity contribution in [3.05, 3.63) is 34.5 Å². The second kappa shape index (κ2) is 6.70. The number of aliphatic hydroxyl groups excluding tert-OH is 1. The molecule has 7 nitrogen and oxygen atoms in total. The number of rotatable bonds is 5. The number of aromatic hydroxyl groups is 1. The van der Waals surface area contributed by atoms with E-state index in [1.165, 1.54) is 12.0 Å². The first-order chi connectivity index (χ1) is 10.9. The van der Waals surface area contributed by atoms with E-state index in [0.717, 1.165) is 5.56 Å². The highest BCUT2D eigenvalue weighted by Crippen LogP contribution is 2.32. The molecular formula is C16H20N2O5. The van der Waals surface area contributed by atoms with E-state index in [2.05, 4.69) is 5.32 Å². The summed E-state index contributed by atoms with van der Waals surface area (Å²) in [6, 6.07) is 3.45. The van der Waals surface area contributed by atoms with Crippen molar-refractivity contribution in [3.8, 4) is 5.75 Å². The highest BCUT2D eigenvalue weighted by molar-refractivity contribution is 6.08. The van der Waals surface area contributed by atoms with Gasteiger partial charge in [-0.05, 0) is 31.0 Å². The molecule has 7 heteroatoms.